The highest BCUT2D eigenvalue weighted by atomic mass is 16.8. The molecule has 2 aliphatic heterocycles. The van der Waals surface area contributed by atoms with Crippen molar-refractivity contribution in [2.75, 3.05) is 13.2 Å². The Kier molecular flexibility index (Phi) is 11.6. The lowest BCUT2D eigenvalue weighted by Gasteiger charge is -2.49. The Morgan fingerprint density at radius 1 is 0.688 bits per heavy atom. The lowest BCUT2D eigenvalue weighted by Crippen LogP contribution is -2.67. The van der Waals surface area contributed by atoms with E-state index in [0.29, 0.717) is 13.2 Å². The molecule has 250 valence electrons. The van der Waals surface area contributed by atoms with Gasteiger partial charge in [-0.15, -0.1) is 0 Å². The Balaban J connectivity index is 1.34. The van der Waals surface area contributed by atoms with Crippen LogP contribution in [0.4, 0.5) is 0 Å². The van der Waals surface area contributed by atoms with E-state index in [9.17, 15) is 4.79 Å². The third-order valence-electron chi connectivity index (χ3n) is 8.24. The minimum atomic E-state index is -1.51. The van der Waals surface area contributed by atoms with Crippen LogP contribution < -0.4 is 0 Å². The number of rotatable bonds is 15. The van der Waals surface area contributed by atoms with Crippen LogP contribution in [0, 0.1) is 0 Å². The summed E-state index contributed by atoms with van der Waals surface area (Å²) in [6.45, 7) is 3.29. The molecule has 1 spiro atoms. The van der Waals surface area contributed by atoms with Crippen molar-refractivity contribution in [1.29, 1.82) is 0 Å². The van der Waals surface area contributed by atoms with Crippen molar-refractivity contribution in [3.63, 3.8) is 0 Å². The molecule has 0 bridgehead atoms. The molecule has 9 heteroatoms. The van der Waals surface area contributed by atoms with Gasteiger partial charge in [-0.3, -0.25) is 0 Å². The van der Waals surface area contributed by atoms with Gasteiger partial charge in [-0.25, -0.2) is 4.79 Å². The van der Waals surface area contributed by atoms with Crippen molar-refractivity contribution in [2.24, 2.45) is 5.16 Å². The maximum atomic E-state index is 12.9. The number of esters is 1. The zero-order chi connectivity index (χ0) is 33.0. The van der Waals surface area contributed by atoms with E-state index in [2.05, 4.69) is 5.16 Å². The fraction of sp³-hybridized carbons (Fsp3) is 0.333. The van der Waals surface area contributed by atoms with Gasteiger partial charge in [0.15, 0.2) is 11.8 Å². The number of nitrogens with zero attached hydrogens (tertiary/aromatic N) is 1. The van der Waals surface area contributed by atoms with Crippen molar-refractivity contribution in [2.45, 2.75) is 70.0 Å². The number of hydrogen-bond donors (Lipinski definition) is 0. The van der Waals surface area contributed by atoms with Crippen LogP contribution in [-0.2, 0) is 64.5 Å². The molecule has 4 aromatic rings. The fourth-order valence-electron chi connectivity index (χ4n) is 5.89. The highest BCUT2D eigenvalue weighted by Gasteiger charge is 2.62. The summed E-state index contributed by atoms with van der Waals surface area (Å²) in [5, 5.41) is 4.17. The first-order valence-corrected chi connectivity index (χ1v) is 16.3. The summed E-state index contributed by atoms with van der Waals surface area (Å²) in [5.74, 6) is -2.08. The maximum absolute atomic E-state index is 12.9. The zero-order valence-electron chi connectivity index (χ0n) is 27.0. The molecule has 6 rings (SSSR count). The van der Waals surface area contributed by atoms with Gasteiger partial charge < -0.3 is 33.3 Å². The summed E-state index contributed by atoms with van der Waals surface area (Å²) in [5.41, 5.74) is 4.06. The molecule has 1 unspecified atom stereocenters. The first-order chi connectivity index (χ1) is 23.6. The Hall–Kier alpha value is -4.38. The Morgan fingerprint density at radius 2 is 1.17 bits per heavy atom. The van der Waals surface area contributed by atoms with Crippen molar-refractivity contribution in [3.05, 3.63) is 144 Å². The van der Waals surface area contributed by atoms with Gasteiger partial charge in [0.1, 0.15) is 18.3 Å². The highest BCUT2D eigenvalue weighted by molar-refractivity contribution is 6.36. The van der Waals surface area contributed by atoms with Crippen molar-refractivity contribution in [3.8, 4) is 0 Å². The van der Waals surface area contributed by atoms with Crippen LogP contribution in [0.5, 0.6) is 0 Å². The summed E-state index contributed by atoms with van der Waals surface area (Å²) >= 11 is 0. The standard InChI is InChI=1S/C39H41NO8/c1-2-43-38(41)33-23-39(48-40-33)37(46-27-32-21-13-6-14-22-32)36(45-26-31-19-11-5-12-20-31)35(44-25-30-17-9-4-10-18-30)34(47-39)28-42-24-29-15-7-3-8-16-29/h3-22,34-37H,2,23-28H2,1H3/t34?,35-,36+,37-,39-/m1/s1. The first kappa shape index (κ1) is 33.5. The lowest BCUT2D eigenvalue weighted by atomic mass is 9.89. The summed E-state index contributed by atoms with van der Waals surface area (Å²) in [6.07, 6.45) is -2.90. The SMILES string of the molecule is CCOC(=O)C1=NO[C@@]2(C1)OC(COCc1ccccc1)[C@@H](OCc1ccccc1)[C@H](OCc1ccccc1)[C@H]2OCc1ccccc1. The van der Waals surface area contributed by atoms with E-state index in [-0.39, 0.29) is 38.6 Å². The van der Waals surface area contributed by atoms with Gasteiger partial charge in [0, 0.05) is 0 Å². The summed E-state index contributed by atoms with van der Waals surface area (Å²) in [7, 11) is 0. The largest absolute Gasteiger partial charge is 0.461 e. The predicted molar refractivity (Wildman–Crippen MR) is 179 cm³/mol. The second-order valence-electron chi connectivity index (χ2n) is 11.7. The fourth-order valence-corrected chi connectivity index (χ4v) is 5.89. The van der Waals surface area contributed by atoms with E-state index in [0.717, 1.165) is 22.3 Å². The molecule has 2 aliphatic rings. The number of hydrogen-bond acceptors (Lipinski definition) is 9. The molecule has 1 saturated heterocycles. The monoisotopic (exact) mass is 651 g/mol. The molecule has 2 heterocycles. The normalized spacial score (nSPS) is 23.4. The topological polar surface area (TPSA) is 94.0 Å². The lowest BCUT2D eigenvalue weighted by molar-refractivity contribution is -0.375. The highest BCUT2D eigenvalue weighted by Crippen LogP contribution is 2.42. The van der Waals surface area contributed by atoms with E-state index in [1.165, 1.54) is 0 Å². The van der Waals surface area contributed by atoms with Gasteiger partial charge in [-0.1, -0.05) is 126 Å². The average Bonchev–Trinajstić information content (AvgIpc) is 3.56. The van der Waals surface area contributed by atoms with Gasteiger partial charge in [-0.2, -0.15) is 0 Å². The average molecular weight is 652 g/mol. The second kappa shape index (κ2) is 16.6. The molecule has 0 radical (unpaired) electrons. The smallest absolute Gasteiger partial charge is 0.356 e. The molecular weight excluding hydrogens is 610 g/mol. The minimum Gasteiger partial charge on any atom is -0.461 e. The van der Waals surface area contributed by atoms with Gasteiger partial charge in [-0.05, 0) is 29.2 Å². The van der Waals surface area contributed by atoms with E-state index < -0.39 is 36.2 Å². The van der Waals surface area contributed by atoms with Crippen molar-refractivity contribution in [1.82, 2.24) is 0 Å². The third-order valence-corrected chi connectivity index (χ3v) is 8.24. The van der Waals surface area contributed by atoms with Crippen LogP contribution in [0.25, 0.3) is 0 Å². The van der Waals surface area contributed by atoms with E-state index in [1.54, 1.807) is 6.92 Å². The van der Waals surface area contributed by atoms with Crippen molar-refractivity contribution >= 4 is 11.7 Å². The van der Waals surface area contributed by atoms with Crippen molar-refractivity contribution < 1.29 is 38.1 Å². The molecule has 48 heavy (non-hydrogen) atoms. The van der Waals surface area contributed by atoms with Crippen LogP contribution in [-0.4, -0.2) is 55.1 Å². The second-order valence-corrected chi connectivity index (χ2v) is 11.7. The summed E-state index contributed by atoms with van der Waals surface area (Å²) in [4.78, 5) is 19.0. The summed E-state index contributed by atoms with van der Waals surface area (Å²) in [6, 6.07) is 39.6. The molecule has 9 nitrogen and oxygen atoms in total. The van der Waals surface area contributed by atoms with Crippen LogP contribution in [0.3, 0.4) is 0 Å². The molecule has 0 amide bonds. The number of oxime groups is 1. The number of ether oxygens (including phenoxy) is 6. The molecule has 0 saturated carbocycles. The zero-order valence-corrected chi connectivity index (χ0v) is 27.0. The summed E-state index contributed by atoms with van der Waals surface area (Å²) < 4.78 is 38.5. The number of carbonyl (C=O) groups is 1. The van der Waals surface area contributed by atoms with Gasteiger partial charge >= 0.3 is 5.97 Å². The minimum absolute atomic E-state index is 0.00290. The maximum Gasteiger partial charge on any atom is 0.356 e. The van der Waals surface area contributed by atoms with Gasteiger partial charge in [0.05, 0.1) is 46.1 Å². The number of carbonyl (C=O) groups excluding carboxylic acids is 1. The number of benzene rings is 4. The molecule has 4 aromatic carbocycles. The van der Waals surface area contributed by atoms with Crippen LogP contribution in [0.2, 0.25) is 0 Å². The van der Waals surface area contributed by atoms with E-state index in [4.69, 9.17) is 33.3 Å². The molecule has 0 aliphatic carbocycles. The van der Waals surface area contributed by atoms with E-state index >= 15 is 0 Å². The quantitative estimate of drug-likeness (QED) is 0.137. The van der Waals surface area contributed by atoms with Gasteiger partial charge in [0.25, 0.3) is 5.79 Å². The van der Waals surface area contributed by atoms with Crippen LogP contribution in [0.15, 0.2) is 126 Å². The Morgan fingerprint density at radius 3 is 1.69 bits per heavy atom. The molecule has 0 aromatic heterocycles. The van der Waals surface area contributed by atoms with Gasteiger partial charge in [0.2, 0.25) is 0 Å². The van der Waals surface area contributed by atoms with Crippen LogP contribution >= 0.6 is 0 Å². The third kappa shape index (κ3) is 8.55. The molecule has 1 fully saturated rings. The Bertz CT molecular complexity index is 1590. The van der Waals surface area contributed by atoms with Crippen LogP contribution in [0.1, 0.15) is 35.6 Å². The molecule has 5 atom stereocenters. The van der Waals surface area contributed by atoms with E-state index in [1.807, 2.05) is 121 Å². The molecular formula is C39H41NO8. The Labute approximate surface area is 281 Å². The predicted octanol–water partition coefficient (Wildman–Crippen LogP) is 6.39. The first-order valence-electron chi connectivity index (χ1n) is 16.3. The molecule has 0 N–H and O–H groups in total.